The molecule has 3 aromatic rings. The van der Waals surface area contributed by atoms with Gasteiger partial charge in [-0.25, -0.2) is 0 Å². The quantitative estimate of drug-likeness (QED) is 0.444. The highest BCUT2D eigenvalue weighted by molar-refractivity contribution is 6.30. The average molecular weight is 387 g/mol. The Morgan fingerprint density at radius 1 is 1.22 bits per heavy atom. The van der Waals surface area contributed by atoms with Gasteiger partial charge in [0.25, 0.3) is 11.6 Å². The second-order valence-electron chi connectivity index (χ2n) is 5.75. The topological polar surface area (TPSA) is 121 Å². The molecule has 1 amide bonds. The maximum atomic E-state index is 12.2. The van der Waals surface area contributed by atoms with Crippen LogP contribution in [0.2, 0.25) is 5.02 Å². The molecule has 8 nitrogen and oxygen atoms in total. The van der Waals surface area contributed by atoms with Gasteiger partial charge in [0.1, 0.15) is 5.69 Å². The van der Waals surface area contributed by atoms with E-state index in [1.54, 1.807) is 30.3 Å². The molecule has 3 N–H and O–H groups in total. The van der Waals surface area contributed by atoms with Gasteiger partial charge in [0.05, 0.1) is 16.7 Å². The van der Waals surface area contributed by atoms with Gasteiger partial charge in [-0.1, -0.05) is 23.7 Å². The van der Waals surface area contributed by atoms with Crippen molar-refractivity contribution < 1.29 is 14.8 Å². The standard InChI is InChI=1S/C18H15ClN4O4/c19-13-5-1-11(2-6-13)15-9-16(22-21-15)18(25)20-10-17(24)12-3-7-14(8-4-12)23(26)27/h1-9,17,24H,10H2,(H,20,25)(H,21,22). The van der Waals surface area contributed by atoms with Crippen LogP contribution in [0.1, 0.15) is 22.2 Å². The molecule has 0 aliphatic heterocycles. The van der Waals surface area contributed by atoms with Gasteiger partial charge in [0.2, 0.25) is 0 Å². The number of benzene rings is 2. The van der Waals surface area contributed by atoms with Crippen molar-refractivity contribution in [1.82, 2.24) is 15.5 Å². The summed E-state index contributed by atoms with van der Waals surface area (Å²) < 4.78 is 0. The maximum absolute atomic E-state index is 12.2. The summed E-state index contributed by atoms with van der Waals surface area (Å²) in [6.45, 7) is -0.0497. The number of nitro groups is 1. The van der Waals surface area contributed by atoms with Gasteiger partial charge in [0.15, 0.2) is 0 Å². The smallest absolute Gasteiger partial charge is 0.269 e. The summed E-state index contributed by atoms with van der Waals surface area (Å²) >= 11 is 5.85. The maximum Gasteiger partial charge on any atom is 0.269 e. The monoisotopic (exact) mass is 386 g/mol. The van der Waals surface area contributed by atoms with Crippen LogP contribution in [0.15, 0.2) is 54.6 Å². The first kappa shape index (κ1) is 18.6. The predicted octanol–water partition coefficient (Wildman–Crippen LogP) is 3.10. The van der Waals surface area contributed by atoms with E-state index in [1.807, 2.05) is 0 Å². The molecule has 1 aromatic heterocycles. The molecule has 1 atom stereocenters. The van der Waals surface area contributed by atoms with Crippen LogP contribution in [-0.2, 0) is 0 Å². The number of aliphatic hydroxyl groups excluding tert-OH is 1. The number of carbonyl (C=O) groups excluding carboxylic acids is 1. The lowest BCUT2D eigenvalue weighted by molar-refractivity contribution is -0.384. The minimum Gasteiger partial charge on any atom is -0.387 e. The van der Waals surface area contributed by atoms with E-state index in [0.29, 0.717) is 16.3 Å². The lowest BCUT2D eigenvalue weighted by Crippen LogP contribution is -2.28. The van der Waals surface area contributed by atoms with E-state index >= 15 is 0 Å². The van der Waals surface area contributed by atoms with Crippen LogP contribution in [0.4, 0.5) is 5.69 Å². The number of non-ortho nitro benzene ring substituents is 1. The number of amides is 1. The van der Waals surface area contributed by atoms with Crippen molar-refractivity contribution in [2.45, 2.75) is 6.10 Å². The van der Waals surface area contributed by atoms with Crippen LogP contribution in [0.5, 0.6) is 0 Å². The van der Waals surface area contributed by atoms with E-state index in [0.717, 1.165) is 5.56 Å². The number of nitro benzene ring substituents is 1. The molecule has 1 unspecified atom stereocenters. The number of hydrogen-bond donors (Lipinski definition) is 3. The molecule has 0 spiro atoms. The van der Waals surface area contributed by atoms with Crippen LogP contribution >= 0.6 is 11.6 Å². The van der Waals surface area contributed by atoms with E-state index in [4.69, 9.17) is 11.6 Å². The fourth-order valence-corrected chi connectivity index (χ4v) is 2.55. The Bertz CT molecular complexity index is 954. The predicted molar refractivity (Wildman–Crippen MR) is 99.4 cm³/mol. The first-order valence-electron chi connectivity index (χ1n) is 7.96. The van der Waals surface area contributed by atoms with Crippen molar-refractivity contribution >= 4 is 23.2 Å². The van der Waals surface area contributed by atoms with Crippen molar-refractivity contribution in [2.24, 2.45) is 0 Å². The highest BCUT2D eigenvalue weighted by Gasteiger charge is 2.15. The third-order valence-corrected chi connectivity index (χ3v) is 4.16. The Morgan fingerprint density at radius 2 is 1.89 bits per heavy atom. The van der Waals surface area contributed by atoms with Crippen LogP contribution in [0, 0.1) is 10.1 Å². The van der Waals surface area contributed by atoms with E-state index in [1.165, 1.54) is 24.3 Å². The fraction of sp³-hybridized carbons (Fsp3) is 0.111. The normalized spacial score (nSPS) is 11.8. The Hall–Kier alpha value is -3.23. The fourth-order valence-electron chi connectivity index (χ4n) is 2.43. The number of nitrogens with zero attached hydrogens (tertiary/aromatic N) is 2. The van der Waals surface area contributed by atoms with Crippen molar-refractivity contribution in [2.75, 3.05) is 6.54 Å². The molecule has 9 heteroatoms. The molecule has 0 bridgehead atoms. The number of carbonyl (C=O) groups is 1. The highest BCUT2D eigenvalue weighted by Crippen LogP contribution is 2.20. The third-order valence-electron chi connectivity index (χ3n) is 3.91. The SMILES string of the molecule is O=C(NCC(O)c1ccc([N+](=O)[O-])cc1)c1cc(-c2ccc(Cl)cc2)n[nH]1. The van der Waals surface area contributed by atoms with Crippen LogP contribution < -0.4 is 5.32 Å². The zero-order valence-corrected chi connectivity index (χ0v) is 14.7. The second kappa shape index (κ2) is 7.98. The summed E-state index contributed by atoms with van der Waals surface area (Å²) in [6.07, 6.45) is -0.992. The number of aliphatic hydroxyl groups is 1. The molecule has 0 saturated carbocycles. The molecule has 27 heavy (non-hydrogen) atoms. The summed E-state index contributed by atoms with van der Waals surface area (Å²) in [5, 5.41) is 30.7. The molecule has 138 valence electrons. The van der Waals surface area contributed by atoms with E-state index in [2.05, 4.69) is 15.5 Å². The molecular formula is C18H15ClN4O4. The van der Waals surface area contributed by atoms with Gasteiger partial charge in [0, 0.05) is 29.3 Å². The van der Waals surface area contributed by atoms with Gasteiger partial charge in [-0.3, -0.25) is 20.0 Å². The summed E-state index contributed by atoms with van der Waals surface area (Å²) in [5.74, 6) is -0.427. The van der Waals surface area contributed by atoms with Crippen LogP contribution in [-0.4, -0.2) is 32.7 Å². The lowest BCUT2D eigenvalue weighted by atomic mass is 10.1. The second-order valence-corrected chi connectivity index (χ2v) is 6.18. The molecule has 0 fully saturated rings. The van der Waals surface area contributed by atoms with E-state index in [9.17, 15) is 20.0 Å². The minimum absolute atomic E-state index is 0.0497. The Morgan fingerprint density at radius 3 is 2.52 bits per heavy atom. The summed E-state index contributed by atoms with van der Waals surface area (Å²) in [4.78, 5) is 22.3. The van der Waals surface area contributed by atoms with Gasteiger partial charge >= 0.3 is 0 Å². The molecule has 0 saturated heterocycles. The van der Waals surface area contributed by atoms with Crippen molar-refractivity contribution in [1.29, 1.82) is 0 Å². The number of hydrogen-bond acceptors (Lipinski definition) is 5. The van der Waals surface area contributed by atoms with E-state index < -0.39 is 16.9 Å². The Labute approximate surface area is 158 Å². The first-order valence-corrected chi connectivity index (χ1v) is 8.34. The molecule has 0 aliphatic rings. The summed E-state index contributed by atoms with van der Waals surface area (Å²) in [7, 11) is 0. The van der Waals surface area contributed by atoms with Gasteiger partial charge in [-0.2, -0.15) is 5.10 Å². The summed E-state index contributed by atoms with van der Waals surface area (Å²) in [6, 6.07) is 14.1. The molecule has 0 aliphatic carbocycles. The molecule has 0 radical (unpaired) electrons. The Kier molecular flexibility index (Phi) is 5.49. The number of aromatic amines is 1. The molecule has 2 aromatic carbocycles. The molecular weight excluding hydrogens is 372 g/mol. The molecule has 3 rings (SSSR count). The molecule has 1 heterocycles. The largest absolute Gasteiger partial charge is 0.387 e. The third kappa shape index (κ3) is 4.49. The van der Waals surface area contributed by atoms with Crippen molar-refractivity contribution in [3.63, 3.8) is 0 Å². The van der Waals surface area contributed by atoms with E-state index in [-0.39, 0.29) is 17.9 Å². The average Bonchev–Trinajstić information content (AvgIpc) is 3.16. The number of rotatable bonds is 6. The minimum atomic E-state index is -0.992. The van der Waals surface area contributed by atoms with Crippen LogP contribution in [0.25, 0.3) is 11.3 Å². The van der Waals surface area contributed by atoms with Gasteiger partial charge in [-0.05, 0) is 35.9 Å². The Balaban J connectivity index is 1.60. The van der Waals surface area contributed by atoms with Gasteiger partial charge in [-0.15, -0.1) is 0 Å². The zero-order valence-electron chi connectivity index (χ0n) is 13.9. The van der Waals surface area contributed by atoms with Crippen LogP contribution in [0.3, 0.4) is 0 Å². The summed E-state index contributed by atoms with van der Waals surface area (Å²) in [5.41, 5.74) is 2.04. The first-order chi connectivity index (χ1) is 12.9. The zero-order chi connectivity index (χ0) is 19.4. The highest BCUT2D eigenvalue weighted by atomic mass is 35.5. The van der Waals surface area contributed by atoms with Crippen molar-refractivity contribution in [3.05, 3.63) is 81.0 Å². The number of halogens is 1. The van der Waals surface area contributed by atoms with Gasteiger partial charge < -0.3 is 10.4 Å². The lowest BCUT2D eigenvalue weighted by Gasteiger charge is -2.11. The number of nitrogens with one attached hydrogen (secondary N) is 2. The van der Waals surface area contributed by atoms with Crippen molar-refractivity contribution in [3.8, 4) is 11.3 Å². The number of aromatic nitrogens is 2. The number of H-pyrrole nitrogens is 1.